The highest BCUT2D eigenvalue weighted by Crippen LogP contribution is 2.30. The van der Waals surface area contributed by atoms with Gasteiger partial charge in [0.25, 0.3) is 0 Å². The molecule has 4 nitrogen and oxygen atoms in total. The zero-order valence-electron chi connectivity index (χ0n) is 10.2. The fourth-order valence-electron chi connectivity index (χ4n) is 2.43. The Morgan fingerprint density at radius 3 is 2.81 bits per heavy atom. The van der Waals surface area contributed by atoms with E-state index in [9.17, 15) is 4.79 Å². The minimum Gasteiger partial charge on any atom is -0.469 e. The smallest absolute Gasteiger partial charge is 0.307 e. The normalized spacial score (nSPS) is 32.1. The molecular weight excluding hydrogens is 204 g/mol. The Balaban J connectivity index is 1.96. The quantitative estimate of drug-likeness (QED) is 0.722. The maximum atomic E-state index is 11.4. The second-order valence-corrected chi connectivity index (χ2v) is 5.00. The zero-order chi connectivity index (χ0) is 11.5. The number of carbonyl (C=O) groups excluding carboxylic acids is 1. The third-order valence-electron chi connectivity index (χ3n) is 3.64. The van der Waals surface area contributed by atoms with Crippen molar-refractivity contribution < 1.29 is 9.53 Å². The monoisotopic (exact) mass is 226 g/mol. The van der Waals surface area contributed by atoms with Gasteiger partial charge in [0.15, 0.2) is 0 Å². The standard InChI is InChI=1S/C12H22N2O2/c1-9-5-6-14(10-3-4-10)11(8-13-9)7-12(15)16-2/h9-11,13H,3-8H2,1-2H3. The van der Waals surface area contributed by atoms with Gasteiger partial charge in [0, 0.05) is 31.2 Å². The molecule has 0 aromatic rings. The number of carbonyl (C=O) groups is 1. The van der Waals surface area contributed by atoms with E-state index in [1.807, 2.05) is 0 Å². The van der Waals surface area contributed by atoms with Crippen molar-refractivity contribution in [1.82, 2.24) is 10.2 Å². The van der Waals surface area contributed by atoms with Crippen LogP contribution in [0.25, 0.3) is 0 Å². The van der Waals surface area contributed by atoms with Gasteiger partial charge in [-0.25, -0.2) is 0 Å². The van der Waals surface area contributed by atoms with Gasteiger partial charge in [-0.05, 0) is 26.2 Å². The summed E-state index contributed by atoms with van der Waals surface area (Å²) in [4.78, 5) is 13.9. The number of nitrogens with one attached hydrogen (secondary N) is 1. The molecule has 1 saturated heterocycles. The number of hydrogen-bond donors (Lipinski definition) is 1. The Kier molecular flexibility index (Phi) is 3.82. The van der Waals surface area contributed by atoms with Crippen LogP contribution in [-0.2, 0) is 9.53 Å². The minimum absolute atomic E-state index is 0.0907. The summed E-state index contributed by atoms with van der Waals surface area (Å²) in [6.07, 6.45) is 4.29. The largest absolute Gasteiger partial charge is 0.469 e. The summed E-state index contributed by atoms with van der Waals surface area (Å²) in [5.74, 6) is -0.0907. The van der Waals surface area contributed by atoms with Gasteiger partial charge >= 0.3 is 5.97 Å². The van der Waals surface area contributed by atoms with Gasteiger partial charge in [-0.15, -0.1) is 0 Å². The predicted octanol–water partition coefficient (Wildman–Crippen LogP) is 0.764. The van der Waals surface area contributed by atoms with Crippen LogP contribution in [0.2, 0.25) is 0 Å². The van der Waals surface area contributed by atoms with Crippen molar-refractivity contribution in [3.05, 3.63) is 0 Å². The molecular formula is C12H22N2O2. The van der Waals surface area contributed by atoms with Crippen molar-refractivity contribution in [2.24, 2.45) is 0 Å². The highest BCUT2D eigenvalue weighted by molar-refractivity contribution is 5.70. The van der Waals surface area contributed by atoms with Gasteiger partial charge in [0.05, 0.1) is 13.5 Å². The van der Waals surface area contributed by atoms with E-state index in [-0.39, 0.29) is 5.97 Å². The van der Waals surface area contributed by atoms with Crippen LogP contribution >= 0.6 is 0 Å². The van der Waals surface area contributed by atoms with E-state index in [4.69, 9.17) is 4.74 Å². The van der Waals surface area contributed by atoms with Gasteiger partial charge in [-0.1, -0.05) is 0 Å². The Labute approximate surface area is 97.3 Å². The molecule has 1 N–H and O–H groups in total. The van der Waals surface area contributed by atoms with Crippen LogP contribution in [0, 0.1) is 0 Å². The highest BCUT2D eigenvalue weighted by atomic mass is 16.5. The van der Waals surface area contributed by atoms with Crippen molar-refractivity contribution >= 4 is 5.97 Å². The average Bonchev–Trinajstić information content (AvgIpc) is 3.08. The van der Waals surface area contributed by atoms with Crippen LogP contribution in [-0.4, -0.2) is 49.2 Å². The topological polar surface area (TPSA) is 41.6 Å². The maximum absolute atomic E-state index is 11.4. The summed E-state index contributed by atoms with van der Waals surface area (Å²) in [6, 6.07) is 1.61. The molecule has 4 heteroatoms. The molecule has 2 aliphatic rings. The van der Waals surface area contributed by atoms with Crippen molar-refractivity contribution in [2.45, 2.75) is 50.7 Å². The number of esters is 1. The molecule has 1 aliphatic carbocycles. The maximum Gasteiger partial charge on any atom is 0.307 e. The lowest BCUT2D eigenvalue weighted by Gasteiger charge is -2.28. The summed E-state index contributed by atoms with van der Waals surface area (Å²) in [6.45, 7) is 4.23. The molecule has 2 rings (SSSR count). The first-order chi connectivity index (χ1) is 7.70. The Morgan fingerprint density at radius 1 is 1.44 bits per heavy atom. The SMILES string of the molecule is COC(=O)CC1CNC(C)CCN1C1CC1. The summed E-state index contributed by atoms with van der Waals surface area (Å²) in [7, 11) is 1.47. The second-order valence-electron chi connectivity index (χ2n) is 5.00. The molecule has 0 radical (unpaired) electrons. The molecule has 2 fully saturated rings. The lowest BCUT2D eigenvalue weighted by Crippen LogP contribution is -2.43. The van der Waals surface area contributed by atoms with E-state index in [1.54, 1.807) is 0 Å². The second kappa shape index (κ2) is 5.15. The summed E-state index contributed by atoms with van der Waals surface area (Å²) in [5, 5.41) is 3.49. The van der Waals surface area contributed by atoms with Crippen LogP contribution in [0.5, 0.6) is 0 Å². The van der Waals surface area contributed by atoms with Crippen LogP contribution in [0.1, 0.15) is 32.6 Å². The summed E-state index contributed by atoms with van der Waals surface area (Å²) >= 11 is 0. The number of methoxy groups -OCH3 is 1. The minimum atomic E-state index is -0.0907. The Bertz CT molecular complexity index is 253. The molecule has 0 aromatic carbocycles. The van der Waals surface area contributed by atoms with Crippen LogP contribution in [0.15, 0.2) is 0 Å². The molecule has 1 heterocycles. The molecule has 1 aliphatic heterocycles. The van der Waals surface area contributed by atoms with Crippen molar-refractivity contribution in [3.8, 4) is 0 Å². The zero-order valence-corrected chi connectivity index (χ0v) is 10.2. The van der Waals surface area contributed by atoms with E-state index < -0.39 is 0 Å². The van der Waals surface area contributed by atoms with Gasteiger partial charge in [0.1, 0.15) is 0 Å². The van der Waals surface area contributed by atoms with Gasteiger partial charge in [0.2, 0.25) is 0 Å². The summed E-state index contributed by atoms with van der Waals surface area (Å²) in [5.41, 5.74) is 0. The lowest BCUT2D eigenvalue weighted by atomic mass is 10.1. The molecule has 0 spiro atoms. The highest BCUT2D eigenvalue weighted by Gasteiger charge is 2.36. The third-order valence-corrected chi connectivity index (χ3v) is 3.64. The number of rotatable bonds is 3. The van der Waals surface area contributed by atoms with E-state index >= 15 is 0 Å². The van der Waals surface area contributed by atoms with Gasteiger partial charge in [-0.2, -0.15) is 0 Å². The molecule has 16 heavy (non-hydrogen) atoms. The van der Waals surface area contributed by atoms with E-state index in [1.165, 1.54) is 26.4 Å². The molecule has 92 valence electrons. The van der Waals surface area contributed by atoms with Crippen LogP contribution in [0.4, 0.5) is 0 Å². The molecule has 0 bridgehead atoms. The molecule has 0 amide bonds. The number of ether oxygens (including phenoxy) is 1. The van der Waals surface area contributed by atoms with E-state index in [2.05, 4.69) is 17.1 Å². The first kappa shape index (κ1) is 11.9. The first-order valence-electron chi connectivity index (χ1n) is 6.26. The fraction of sp³-hybridized carbons (Fsp3) is 0.917. The van der Waals surface area contributed by atoms with Crippen LogP contribution in [0.3, 0.4) is 0 Å². The molecule has 2 atom stereocenters. The van der Waals surface area contributed by atoms with Crippen LogP contribution < -0.4 is 5.32 Å². The summed E-state index contributed by atoms with van der Waals surface area (Å²) < 4.78 is 4.78. The average molecular weight is 226 g/mol. The predicted molar refractivity (Wildman–Crippen MR) is 62.2 cm³/mol. The van der Waals surface area contributed by atoms with Crippen molar-refractivity contribution in [2.75, 3.05) is 20.2 Å². The molecule has 2 unspecified atom stereocenters. The Hall–Kier alpha value is -0.610. The van der Waals surface area contributed by atoms with Gasteiger partial charge < -0.3 is 10.1 Å². The first-order valence-corrected chi connectivity index (χ1v) is 6.26. The van der Waals surface area contributed by atoms with E-state index in [0.29, 0.717) is 18.5 Å². The molecule has 1 saturated carbocycles. The number of hydrogen-bond acceptors (Lipinski definition) is 4. The van der Waals surface area contributed by atoms with E-state index in [0.717, 1.165) is 19.1 Å². The Morgan fingerprint density at radius 2 is 2.19 bits per heavy atom. The third kappa shape index (κ3) is 2.95. The molecule has 0 aromatic heterocycles. The van der Waals surface area contributed by atoms with Crippen molar-refractivity contribution in [1.29, 1.82) is 0 Å². The number of nitrogens with zero attached hydrogens (tertiary/aromatic N) is 1. The van der Waals surface area contributed by atoms with Gasteiger partial charge in [-0.3, -0.25) is 9.69 Å². The van der Waals surface area contributed by atoms with Crippen molar-refractivity contribution in [3.63, 3.8) is 0 Å². The fourth-order valence-corrected chi connectivity index (χ4v) is 2.43. The lowest BCUT2D eigenvalue weighted by molar-refractivity contribution is -0.142.